The summed E-state index contributed by atoms with van der Waals surface area (Å²) >= 11 is 0. The maximum Gasteiger partial charge on any atom is 0.471 e. The third kappa shape index (κ3) is 8.62. The van der Waals surface area contributed by atoms with E-state index in [-0.39, 0.29) is 12.3 Å². The van der Waals surface area contributed by atoms with Gasteiger partial charge in [0, 0.05) is 37.1 Å². The summed E-state index contributed by atoms with van der Waals surface area (Å²) in [7, 11) is 1.44. The van der Waals surface area contributed by atoms with Crippen molar-refractivity contribution < 1.29 is 41.1 Å². The molecule has 2 fully saturated rings. The zero-order chi connectivity index (χ0) is 29.3. The predicted octanol–water partition coefficient (Wildman–Crippen LogP) is 2.10. The SMILES string of the molecule is C/N=C/C(CC1CC(C)(C)NC1=O)NC(=O)C(CC1CC1(F)F)NC(=O)C(NC(=O)C(F)(F)F)C(C)(C)C. The van der Waals surface area contributed by atoms with E-state index in [0.717, 1.165) is 0 Å². The Morgan fingerprint density at radius 3 is 2.05 bits per heavy atom. The molecule has 0 aromatic carbocycles. The maximum atomic E-state index is 13.7. The van der Waals surface area contributed by atoms with Crippen LogP contribution in [0.1, 0.15) is 60.3 Å². The fraction of sp³-hybridized carbons (Fsp3) is 0.792. The van der Waals surface area contributed by atoms with E-state index in [1.165, 1.54) is 34.0 Å². The van der Waals surface area contributed by atoms with Gasteiger partial charge in [-0.2, -0.15) is 13.2 Å². The van der Waals surface area contributed by atoms with Gasteiger partial charge in [-0.1, -0.05) is 20.8 Å². The lowest BCUT2D eigenvalue weighted by atomic mass is 9.85. The summed E-state index contributed by atoms with van der Waals surface area (Å²) in [5.41, 5.74) is -1.66. The first-order valence-corrected chi connectivity index (χ1v) is 12.3. The highest BCUT2D eigenvalue weighted by Crippen LogP contribution is 2.51. The number of hydrogen-bond acceptors (Lipinski definition) is 5. The molecule has 1 saturated heterocycles. The lowest BCUT2D eigenvalue weighted by Crippen LogP contribution is -2.60. The van der Waals surface area contributed by atoms with E-state index in [1.54, 1.807) is 5.32 Å². The number of hydrogen-bond donors (Lipinski definition) is 4. The van der Waals surface area contributed by atoms with E-state index < -0.39 is 83.6 Å². The summed E-state index contributed by atoms with van der Waals surface area (Å²) in [6.45, 7) is 7.90. The van der Waals surface area contributed by atoms with Crippen LogP contribution < -0.4 is 21.3 Å². The Kier molecular flexibility index (Phi) is 9.20. The summed E-state index contributed by atoms with van der Waals surface area (Å²) in [4.78, 5) is 53.9. The number of amides is 4. The van der Waals surface area contributed by atoms with Crippen LogP contribution >= 0.6 is 0 Å². The van der Waals surface area contributed by atoms with E-state index in [0.29, 0.717) is 6.42 Å². The average Bonchev–Trinajstić information content (AvgIpc) is 3.23. The van der Waals surface area contributed by atoms with Gasteiger partial charge < -0.3 is 21.3 Å². The minimum Gasteiger partial charge on any atom is -0.351 e. The van der Waals surface area contributed by atoms with Crippen LogP contribution in [0.5, 0.6) is 0 Å². The Morgan fingerprint density at radius 1 is 1.05 bits per heavy atom. The second kappa shape index (κ2) is 11.1. The minimum atomic E-state index is -5.26. The van der Waals surface area contributed by atoms with Crippen molar-refractivity contribution in [3.05, 3.63) is 0 Å². The normalized spacial score (nSPS) is 24.8. The fourth-order valence-corrected chi connectivity index (χ4v) is 4.50. The molecular formula is C24H36F5N5O4. The van der Waals surface area contributed by atoms with Crippen LogP contribution in [0.25, 0.3) is 0 Å². The van der Waals surface area contributed by atoms with Crippen LogP contribution in [0.3, 0.4) is 0 Å². The van der Waals surface area contributed by atoms with Gasteiger partial charge >= 0.3 is 12.1 Å². The molecule has 0 aromatic heterocycles. The van der Waals surface area contributed by atoms with Crippen molar-refractivity contribution in [2.24, 2.45) is 22.2 Å². The lowest BCUT2D eigenvalue weighted by Gasteiger charge is -2.32. The molecular weight excluding hydrogens is 517 g/mol. The van der Waals surface area contributed by atoms with Crippen molar-refractivity contribution in [1.82, 2.24) is 21.3 Å². The van der Waals surface area contributed by atoms with E-state index in [9.17, 15) is 41.1 Å². The first-order chi connectivity index (χ1) is 17.2. The molecule has 0 aromatic rings. The molecule has 9 nitrogen and oxygen atoms in total. The molecule has 1 aliphatic carbocycles. The predicted molar refractivity (Wildman–Crippen MR) is 128 cm³/mol. The van der Waals surface area contributed by atoms with Gasteiger partial charge in [0.15, 0.2) is 0 Å². The molecule has 1 saturated carbocycles. The molecule has 4 amide bonds. The summed E-state index contributed by atoms with van der Waals surface area (Å²) in [6.07, 6.45) is -4.22. The summed E-state index contributed by atoms with van der Waals surface area (Å²) < 4.78 is 65.9. The first-order valence-electron chi connectivity index (χ1n) is 12.3. The Balaban J connectivity index is 2.21. The number of carbonyl (C=O) groups is 4. The first kappa shape index (κ1) is 31.4. The van der Waals surface area contributed by atoms with Crippen molar-refractivity contribution >= 4 is 29.8 Å². The molecule has 1 heterocycles. The number of nitrogens with one attached hydrogen (secondary N) is 4. The van der Waals surface area contributed by atoms with E-state index in [4.69, 9.17) is 0 Å². The Hall–Kier alpha value is -2.80. The Morgan fingerprint density at radius 2 is 1.63 bits per heavy atom. The van der Waals surface area contributed by atoms with Crippen LogP contribution in [-0.2, 0) is 19.2 Å². The number of aliphatic imine (C=N–C) groups is 1. The topological polar surface area (TPSA) is 129 Å². The van der Waals surface area contributed by atoms with Crippen LogP contribution in [-0.4, -0.2) is 72.7 Å². The molecule has 0 radical (unpaired) electrons. The average molecular weight is 554 g/mol. The molecule has 4 N–H and O–H groups in total. The molecule has 14 heteroatoms. The van der Waals surface area contributed by atoms with Crippen LogP contribution in [0, 0.1) is 17.3 Å². The van der Waals surface area contributed by atoms with Crippen molar-refractivity contribution in [3.63, 3.8) is 0 Å². The van der Waals surface area contributed by atoms with Gasteiger partial charge in [0.25, 0.3) is 5.92 Å². The van der Waals surface area contributed by atoms with Crippen molar-refractivity contribution in [2.75, 3.05) is 7.05 Å². The summed E-state index contributed by atoms with van der Waals surface area (Å²) in [5.74, 6) is -9.26. The number of carbonyl (C=O) groups excluding carboxylic acids is 4. The van der Waals surface area contributed by atoms with Crippen LogP contribution in [0.15, 0.2) is 4.99 Å². The quantitative estimate of drug-likeness (QED) is 0.244. The third-order valence-electron chi connectivity index (χ3n) is 6.55. The number of nitrogens with zero attached hydrogens (tertiary/aromatic N) is 1. The van der Waals surface area contributed by atoms with Gasteiger partial charge in [0.05, 0.1) is 6.04 Å². The largest absolute Gasteiger partial charge is 0.471 e. The van der Waals surface area contributed by atoms with Crippen molar-refractivity contribution in [1.29, 1.82) is 0 Å². The summed E-state index contributed by atoms with van der Waals surface area (Å²) in [6, 6.07) is -4.03. The highest BCUT2D eigenvalue weighted by molar-refractivity contribution is 5.94. The lowest BCUT2D eigenvalue weighted by molar-refractivity contribution is -0.175. The van der Waals surface area contributed by atoms with Crippen molar-refractivity contribution in [3.8, 4) is 0 Å². The number of halogens is 5. The Labute approximate surface area is 218 Å². The second-order valence-corrected chi connectivity index (χ2v) is 11.8. The molecule has 5 atom stereocenters. The van der Waals surface area contributed by atoms with Gasteiger partial charge in [-0.25, -0.2) is 8.78 Å². The van der Waals surface area contributed by atoms with Crippen LogP contribution in [0.2, 0.25) is 0 Å². The molecule has 5 unspecified atom stereocenters. The van der Waals surface area contributed by atoms with E-state index in [2.05, 4.69) is 20.9 Å². The summed E-state index contributed by atoms with van der Waals surface area (Å²) in [5, 5.41) is 9.33. The Bertz CT molecular complexity index is 961. The highest BCUT2D eigenvalue weighted by Gasteiger charge is 2.58. The second-order valence-electron chi connectivity index (χ2n) is 11.8. The van der Waals surface area contributed by atoms with Crippen molar-refractivity contribution in [2.45, 2.75) is 96.1 Å². The van der Waals surface area contributed by atoms with Gasteiger partial charge in [0.1, 0.15) is 12.1 Å². The van der Waals surface area contributed by atoms with Gasteiger partial charge in [-0.05, 0) is 38.5 Å². The van der Waals surface area contributed by atoms with Crippen LogP contribution in [0.4, 0.5) is 22.0 Å². The highest BCUT2D eigenvalue weighted by atomic mass is 19.4. The zero-order valence-electron chi connectivity index (χ0n) is 22.3. The number of rotatable bonds is 10. The van der Waals surface area contributed by atoms with Gasteiger partial charge in [-0.3, -0.25) is 24.2 Å². The maximum absolute atomic E-state index is 13.7. The monoisotopic (exact) mass is 553 g/mol. The third-order valence-corrected chi connectivity index (χ3v) is 6.55. The smallest absolute Gasteiger partial charge is 0.351 e. The molecule has 0 bridgehead atoms. The molecule has 2 rings (SSSR count). The van der Waals surface area contributed by atoms with E-state index in [1.807, 2.05) is 13.8 Å². The standard InChI is InChI=1S/C24H36F5N5O4/c1-21(2,3)16(33-20(38)24(27,28)29)19(37)32-15(8-13-10-23(13,25)26)18(36)31-14(11-30-6)7-12-9-22(4,5)34-17(12)35/h11-16H,7-10H2,1-6H3,(H,31,36)(H,32,37)(H,33,38)(H,34,35)/b30-11+. The zero-order valence-corrected chi connectivity index (χ0v) is 22.3. The number of alkyl halides is 5. The molecule has 0 spiro atoms. The molecule has 2 aliphatic rings. The van der Waals surface area contributed by atoms with Gasteiger partial charge in [0.2, 0.25) is 17.7 Å². The van der Waals surface area contributed by atoms with E-state index >= 15 is 0 Å². The molecule has 216 valence electrons. The molecule has 38 heavy (non-hydrogen) atoms. The van der Waals surface area contributed by atoms with Gasteiger partial charge in [-0.15, -0.1) is 0 Å². The molecule has 1 aliphatic heterocycles. The minimum absolute atomic E-state index is 0.158. The fourth-order valence-electron chi connectivity index (χ4n) is 4.50.